The molecular weight excluding hydrogens is 657 g/mol. The standard InChI is InChI=1S/C32H43N3O3.C9H12OS.CH5N/c1-3-6-26(27-15-11-23(2)12-16-27)9-4-8-25-19-33-31(34-20-25)28-17-13-24(14-18-28)7-5-10-30(36)35-21-29(22-35)32(37)38;1-9(2,3)8-5-4-7(6-10)11-8;1-2/h4,8,13-14,17-20,23,26-27,29H,3,5-7,9-12,15-16,21-22H2,1-2H3,(H,37,38);4-6H,1-3H3;2H2,1H3/b8-4+;;. The van der Waals surface area contributed by atoms with Crippen molar-refractivity contribution >= 4 is 35.6 Å². The molecule has 1 saturated carbocycles. The van der Waals surface area contributed by atoms with E-state index in [9.17, 15) is 14.4 Å². The Kier molecular flexibility index (Phi) is 17.2. The van der Waals surface area contributed by atoms with Crippen molar-refractivity contribution in [1.29, 1.82) is 0 Å². The van der Waals surface area contributed by atoms with Gasteiger partial charge in [-0.2, -0.15) is 0 Å². The minimum atomic E-state index is -0.815. The Labute approximate surface area is 310 Å². The van der Waals surface area contributed by atoms with E-state index in [1.165, 1.54) is 56.0 Å². The van der Waals surface area contributed by atoms with Gasteiger partial charge in [-0.3, -0.25) is 14.4 Å². The number of likely N-dealkylation sites (tertiary alicyclic amines) is 1. The minimum absolute atomic E-state index is 0.0474. The predicted octanol–water partition coefficient (Wildman–Crippen LogP) is 9.09. The summed E-state index contributed by atoms with van der Waals surface area (Å²) in [7, 11) is 1.50. The second-order valence-corrected chi connectivity index (χ2v) is 16.1. The summed E-state index contributed by atoms with van der Waals surface area (Å²) in [6.07, 6.45) is 20.5. The molecule has 3 N–H and O–H groups in total. The molecule has 0 spiro atoms. The molecule has 9 heteroatoms. The van der Waals surface area contributed by atoms with Gasteiger partial charge in [-0.15, -0.1) is 11.3 Å². The quantitative estimate of drug-likeness (QED) is 0.169. The van der Waals surface area contributed by atoms with Gasteiger partial charge in [0.15, 0.2) is 12.1 Å². The van der Waals surface area contributed by atoms with Crippen molar-refractivity contribution in [1.82, 2.24) is 14.9 Å². The van der Waals surface area contributed by atoms with E-state index in [1.54, 1.807) is 16.2 Å². The summed E-state index contributed by atoms with van der Waals surface area (Å²) in [5.41, 5.74) is 7.86. The SMILES string of the molecule is CC(C)(C)c1ccc(C=O)s1.CCCC(C/C=C/c1cnc(-c2ccc(CCCC(=O)N3CC(C(=O)O)C3)cc2)nc1)C1CCC(C)CC1.CN. The molecule has 1 unspecified atom stereocenters. The molecule has 1 amide bonds. The first-order chi connectivity index (χ1) is 24.5. The molecular formula is C42H60N4O4S. The molecule has 2 aliphatic rings. The van der Waals surface area contributed by atoms with Crippen molar-refractivity contribution in [3.05, 3.63) is 75.7 Å². The number of benzene rings is 1. The average Bonchev–Trinajstić information content (AvgIpc) is 3.60. The number of hydrogen-bond donors (Lipinski definition) is 2. The first-order valence-corrected chi connectivity index (χ1v) is 19.5. The topological polar surface area (TPSA) is 126 Å². The zero-order chi connectivity index (χ0) is 37.4. The highest BCUT2D eigenvalue weighted by atomic mass is 32.1. The zero-order valence-corrected chi connectivity index (χ0v) is 32.5. The third-order valence-electron chi connectivity index (χ3n) is 9.94. The Balaban J connectivity index is 0.000000457. The third kappa shape index (κ3) is 13.4. The highest BCUT2D eigenvalue weighted by molar-refractivity contribution is 7.13. The molecule has 2 fully saturated rings. The van der Waals surface area contributed by atoms with Crippen LogP contribution in [0.5, 0.6) is 0 Å². The van der Waals surface area contributed by atoms with E-state index in [4.69, 9.17) is 5.11 Å². The molecule has 0 bridgehead atoms. The van der Waals surface area contributed by atoms with Crippen molar-refractivity contribution < 1.29 is 19.5 Å². The zero-order valence-electron chi connectivity index (χ0n) is 31.6. The van der Waals surface area contributed by atoms with Crippen LogP contribution in [0, 0.1) is 23.7 Å². The molecule has 278 valence electrons. The van der Waals surface area contributed by atoms with Crippen LogP contribution in [0.2, 0.25) is 0 Å². The smallest absolute Gasteiger partial charge is 0.310 e. The number of hydrogen-bond acceptors (Lipinski definition) is 7. The van der Waals surface area contributed by atoms with Crippen LogP contribution < -0.4 is 5.73 Å². The lowest BCUT2D eigenvalue weighted by atomic mass is 9.74. The molecule has 3 aromatic rings. The first-order valence-electron chi connectivity index (χ1n) is 18.7. The normalized spacial score (nSPS) is 18.1. The van der Waals surface area contributed by atoms with E-state index in [0.29, 0.717) is 19.5 Å². The van der Waals surface area contributed by atoms with Gasteiger partial charge in [0.1, 0.15) is 0 Å². The fourth-order valence-electron chi connectivity index (χ4n) is 6.71. The molecule has 1 saturated heterocycles. The Morgan fingerprint density at radius 1 is 1.02 bits per heavy atom. The van der Waals surface area contributed by atoms with E-state index in [2.05, 4.69) is 74.6 Å². The van der Waals surface area contributed by atoms with Crippen LogP contribution in [-0.4, -0.2) is 58.3 Å². The number of nitrogens with zero attached hydrogens (tertiary/aromatic N) is 3. The fourth-order valence-corrected chi connectivity index (χ4v) is 7.59. The van der Waals surface area contributed by atoms with Crippen LogP contribution in [0.15, 0.2) is 54.9 Å². The summed E-state index contributed by atoms with van der Waals surface area (Å²) in [6.45, 7) is 11.8. The van der Waals surface area contributed by atoms with Crippen LogP contribution in [0.4, 0.5) is 0 Å². The molecule has 1 aromatic carbocycles. The Hall–Kier alpha value is -3.69. The summed E-state index contributed by atoms with van der Waals surface area (Å²) >= 11 is 1.57. The Morgan fingerprint density at radius 2 is 1.67 bits per heavy atom. The van der Waals surface area contributed by atoms with Crippen molar-refractivity contribution in [3.8, 4) is 11.4 Å². The van der Waals surface area contributed by atoms with Gasteiger partial charge < -0.3 is 15.7 Å². The van der Waals surface area contributed by atoms with Gasteiger partial charge in [0.05, 0.1) is 10.8 Å². The lowest BCUT2D eigenvalue weighted by Gasteiger charge is -2.36. The van der Waals surface area contributed by atoms with Crippen LogP contribution in [-0.2, 0) is 21.4 Å². The van der Waals surface area contributed by atoms with Gasteiger partial charge in [0.2, 0.25) is 5.91 Å². The number of aldehydes is 1. The molecule has 2 aromatic heterocycles. The van der Waals surface area contributed by atoms with E-state index >= 15 is 0 Å². The fraction of sp³-hybridized carbons (Fsp3) is 0.548. The number of aromatic nitrogens is 2. The maximum atomic E-state index is 12.2. The molecule has 3 heterocycles. The number of amides is 1. The second-order valence-electron chi connectivity index (χ2n) is 15.0. The summed E-state index contributed by atoms with van der Waals surface area (Å²) in [6, 6.07) is 12.1. The summed E-state index contributed by atoms with van der Waals surface area (Å²) < 4.78 is 0. The number of thiophene rings is 1. The van der Waals surface area contributed by atoms with Crippen LogP contribution >= 0.6 is 11.3 Å². The van der Waals surface area contributed by atoms with Crippen LogP contribution in [0.1, 0.15) is 118 Å². The number of carboxylic acid groups (broad SMARTS) is 1. The van der Waals surface area contributed by atoms with Gasteiger partial charge in [-0.1, -0.05) is 96.7 Å². The number of rotatable bonds is 13. The number of aryl methyl sites for hydroxylation is 1. The van der Waals surface area contributed by atoms with Crippen molar-refractivity contribution in [3.63, 3.8) is 0 Å². The molecule has 8 nitrogen and oxygen atoms in total. The van der Waals surface area contributed by atoms with Gasteiger partial charge in [0, 0.05) is 47.9 Å². The van der Waals surface area contributed by atoms with Gasteiger partial charge in [-0.25, -0.2) is 9.97 Å². The monoisotopic (exact) mass is 716 g/mol. The van der Waals surface area contributed by atoms with Gasteiger partial charge >= 0.3 is 5.97 Å². The number of carboxylic acids is 1. The largest absolute Gasteiger partial charge is 0.481 e. The molecule has 0 radical (unpaired) electrons. The van der Waals surface area contributed by atoms with Crippen LogP contribution in [0.3, 0.4) is 0 Å². The Bertz CT molecular complexity index is 1510. The molecule has 51 heavy (non-hydrogen) atoms. The number of carbonyl (C=O) groups is 3. The van der Waals surface area contributed by atoms with Gasteiger partial charge in [0.25, 0.3) is 0 Å². The predicted molar refractivity (Wildman–Crippen MR) is 210 cm³/mol. The maximum Gasteiger partial charge on any atom is 0.310 e. The molecule has 5 rings (SSSR count). The van der Waals surface area contributed by atoms with E-state index in [1.807, 2.05) is 36.7 Å². The second kappa shape index (κ2) is 21.0. The van der Waals surface area contributed by atoms with Gasteiger partial charge in [-0.05, 0) is 80.0 Å². The van der Waals surface area contributed by atoms with Crippen LogP contribution in [0.25, 0.3) is 17.5 Å². The number of allylic oxidation sites excluding steroid dienone is 1. The van der Waals surface area contributed by atoms with E-state index in [-0.39, 0.29) is 11.3 Å². The summed E-state index contributed by atoms with van der Waals surface area (Å²) in [5, 5.41) is 8.94. The molecule has 1 atom stereocenters. The summed E-state index contributed by atoms with van der Waals surface area (Å²) in [5.74, 6) is 2.13. The first kappa shape index (κ1) is 41.7. The highest BCUT2D eigenvalue weighted by Gasteiger charge is 2.35. The molecule has 1 aliphatic heterocycles. The highest BCUT2D eigenvalue weighted by Crippen LogP contribution is 2.37. The minimum Gasteiger partial charge on any atom is -0.481 e. The average molecular weight is 717 g/mol. The third-order valence-corrected chi connectivity index (χ3v) is 11.4. The Morgan fingerprint density at radius 3 is 2.20 bits per heavy atom. The lowest BCUT2D eigenvalue weighted by Crippen LogP contribution is -2.52. The number of carbonyl (C=O) groups excluding carboxylic acids is 2. The lowest BCUT2D eigenvalue weighted by molar-refractivity contribution is -0.152. The van der Waals surface area contributed by atoms with E-state index < -0.39 is 11.9 Å². The van der Waals surface area contributed by atoms with Crippen molar-refractivity contribution in [2.75, 3.05) is 20.1 Å². The maximum absolute atomic E-state index is 12.2. The number of nitrogens with two attached hydrogens (primary N) is 1. The van der Waals surface area contributed by atoms with E-state index in [0.717, 1.165) is 65.1 Å². The van der Waals surface area contributed by atoms with Crippen molar-refractivity contribution in [2.45, 2.75) is 104 Å². The number of aliphatic carboxylic acids is 1. The molecule has 1 aliphatic carbocycles. The summed E-state index contributed by atoms with van der Waals surface area (Å²) in [4.78, 5) is 46.3. The van der Waals surface area contributed by atoms with Crippen molar-refractivity contribution in [2.24, 2.45) is 29.4 Å².